The fourth-order valence-corrected chi connectivity index (χ4v) is 4.23. The summed E-state index contributed by atoms with van der Waals surface area (Å²) in [5.41, 5.74) is 7.18. The van der Waals surface area contributed by atoms with Gasteiger partial charge in [-0.15, -0.1) is 0 Å². The van der Waals surface area contributed by atoms with Gasteiger partial charge in [-0.1, -0.05) is 11.6 Å². The first kappa shape index (κ1) is 25.4. The second-order valence-corrected chi connectivity index (χ2v) is 9.64. The third-order valence-electron chi connectivity index (χ3n) is 6.43. The number of allylic oxidation sites excluding steroid dienone is 1. The van der Waals surface area contributed by atoms with Gasteiger partial charge in [-0.2, -0.15) is 0 Å². The van der Waals surface area contributed by atoms with Crippen LogP contribution in [-0.4, -0.2) is 29.9 Å². The number of carboxylic acids is 1. The monoisotopic (exact) mass is 464 g/mol. The van der Waals surface area contributed by atoms with Gasteiger partial charge in [-0.25, -0.2) is 4.79 Å². The van der Waals surface area contributed by atoms with Crippen LogP contribution in [0.25, 0.3) is 6.08 Å². The van der Waals surface area contributed by atoms with Crippen molar-refractivity contribution >= 4 is 12.0 Å². The summed E-state index contributed by atoms with van der Waals surface area (Å²) >= 11 is 0. The van der Waals surface area contributed by atoms with Gasteiger partial charge in [0.25, 0.3) is 0 Å². The first-order valence-electron chi connectivity index (χ1n) is 11.7. The molecule has 1 heterocycles. The smallest absolute Gasteiger partial charge is 0.328 e. The van der Waals surface area contributed by atoms with Gasteiger partial charge in [0.05, 0.1) is 0 Å². The molecule has 0 saturated carbocycles. The Hall–Kier alpha value is -3.21. The lowest BCUT2D eigenvalue weighted by atomic mass is 9.87. The fourth-order valence-electron chi connectivity index (χ4n) is 4.23. The number of hydrogen-bond acceptors (Lipinski definition) is 4. The van der Waals surface area contributed by atoms with E-state index in [0.29, 0.717) is 13.2 Å². The molecule has 0 fully saturated rings. The summed E-state index contributed by atoms with van der Waals surface area (Å²) < 4.78 is 18.9. The highest BCUT2D eigenvalue weighted by Crippen LogP contribution is 2.44. The van der Waals surface area contributed by atoms with Crippen molar-refractivity contribution in [3.8, 4) is 17.2 Å². The lowest BCUT2D eigenvalue weighted by Gasteiger charge is -2.38. The van der Waals surface area contributed by atoms with Gasteiger partial charge in [0.15, 0.2) is 0 Å². The summed E-state index contributed by atoms with van der Waals surface area (Å²) in [5, 5.41) is 8.82. The zero-order valence-corrected chi connectivity index (χ0v) is 21.4. The van der Waals surface area contributed by atoms with Crippen molar-refractivity contribution in [1.29, 1.82) is 0 Å². The molecule has 1 aliphatic heterocycles. The molecule has 1 atom stereocenters. The van der Waals surface area contributed by atoms with Crippen molar-refractivity contribution in [3.63, 3.8) is 0 Å². The molecule has 2 aromatic rings. The number of fused-ring (bicyclic) bond motifs is 1. The van der Waals surface area contributed by atoms with E-state index in [1.165, 1.54) is 11.1 Å². The number of carboxylic acid groups (broad SMARTS) is 1. The normalized spacial score (nSPS) is 17.1. The van der Waals surface area contributed by atoms with Crippen LogP contribution in [0.5, 0.6) is 17.2 Å². The highest BCUT2D eigenvalue weighted by atomic mass is 16.5. The third-order valence-corrected chi connectivity index (χ3v) is 6.43. The van der Waals surface area contributed by atoms with E-state index < -0.39 is 11.6 Å². The van der Waals surface area contributed by atoms with E-state index >= 15 is 0 Å². The van der Waals surface area contributed by atoms with Crippen molar-refractivity contribution < 1.29 is 24.1 Å². The van der Waals surface area contributed by atoms with Crippen molar-refractivity contribution in [1.82, 2.24) is 0 Å². The predicted molar refractivity (Wildman–Crippen MR) is 136 cm³/mol. The van der Waals surface area contributed by atoms with Crippen LogP contribution >= 0.6 is 0 Å². The molecule has 1 unspecified atom stereocenters. The molecule has 34 heavy (non-hydrogen) atoms. The summed E-state index contributed by atoms with van der Waals surface area (Å²) in [5.74, 6) is 1.72. The van der Waals surface area contributed by atoms with Gasteiger partial charge >= 0.3 is 5.97 Å². The van der Waals surface area contributed by atoms with Gasteiger partial charge in [0.1, 0.15) is 36.1 Å². The van der Waals surface area contributed by atoms with Gasteiger partial charge in [-0.3, -0.25) is 0 Å². The van der Waals surface area contributed by atoms with Crippen LogP contribution in [0.3, 0.4) is 0 Å². The first-order valence-corrected chi connectivity index (χ1v) is 11.7. The Bertz CT molecular complexity index is 1140. The number of carbonyl (C=O) groups is 1. The molecule has 5 nitrogen and oxygen atoms in total. The Morgan fingerprint density at radius 2 is 1.85 bits per heavy atom. The Labute approximate surface area is 203 Å². The standard InChI is InChI=1S/C29H36O5/c1-18(2)13-15-32-27-20(4)21(5)28-24(22(27)6)12-14-29(7,34-28)17-33-25-10-8-23(16-19(25)3)9-11-26(30)31/h8-11,13,16H,12,14-15,17H2,1-7H3,(H,30,31)/b11-9+. The average Bonchev–Trinajstić information content (AvgIpc) is 2.77. The summed E-state index contributed by atoms with van der Waals surface area (Å²) in [6, 6.07) is 5.66. The lowest BCUT2D eigenvalue weighted by molar-refractivity contribution is -0.131. The van der Waals surface area contributed by atoms with E-state index in [0.717, 1.165) is 64.0 Å². The third kappa shape index (κ3) is 5.82. The Kier molecular flexibility index (Phi) is 7.75. The predicted octanol–water partition coefficient (Wildman–Crippen LogP) is 6.53. The Morgan fingerprint density at radius 3 is 2.50 bits per heavy atom. The maximum atomic E-state index is 10.7. The number of ether oxygens (including phenoxy) is 3. The summed E-state index contributed by atoms with van der Waals surface area (Å²) in [6.45, 7) is 15.5. The minimum Gasteiger partial charge on any atom is -0.489 e. The maximum Gasteiger partial charge on any atom is 0.328 e. The number of benzene rings is 2. The second kappa shape index (κ2) is 10.4. The quantitative estimate of drug-likeness (QED) is 0.356. The molecule has 3 rings (SSSR count). The lowest BCUT2D eigenvalue weighted by Crippen LogP contribution is -2.42. The van der Waals surface area contributed by atoms with Crippen LogP contribution in [-0.2, 0) is 11.2 Å². The molecule has 0 bridgehead atoms. The zero-order valence-electron chi connectivity index (χ0n) is 21.4. The molecule has 0 aromatic heterocycles. The number of hydrogen-bond donors (Lipinski definition) is 1. The molecule has 5 heteroatoms. The van der Waals surface area contributed by atoms with Gasteiger partial charge in [0, 0.05) is 11.6 Å². The van der Waals surface area contributed by atoms with Crippen molar-refractivity contribution in [2.75, 3.05) is 13.2 Å². The van der Waals surface area contributed by atoms with Crippen LogP contribution < -0.4 is 14.2 Å². The summed E-state index contributed by atoms with van der Waals surface area (Å²) in [4.78, 5) is 10.7. The van der Waals surface area contributed by atoms with Crippen LogP contribution in [0, 0.1) is 27.7 Å². The number of rotatable bonds is 8. The molecule has 182 valence electrons. The molecular weight excluding hydrogens is 428 g/mol. The van der Waals surface area contributed by atoms with E-state index in [4.69, 9.17) is 19.3 Å². The Morgan fingerprint density at radius 1 is 1.12 bits per heavy atom. The molecule has 0 saturated heterocycles. The summed E-state index contributed by atoms with van der Waals surface area (Å²) in [6.07, 6.45) is 6.55. The minimum atomic E-state index is -0.965. The van der Waals surface area contributed by atoms with Crippen LogP contribution in [0.15, 0.2) is 35.9 Å². The second-order valence-electron chi connectivity index (χ2n) is 9.64. The fraction of sp³-hybridized carbons (Fsp3) is 0.414. The first-order chi connectivity index (χ1) is 16.0. The number of aryl methyl sites for hydroxylation is 1. The maximum absolute atomic E-state index is 10.7. The molecule has 0 aliphatic carbocycles. The number of aliphatic carboxylic acids is 1. The van der Waals surface area contributed by atoms with Gasteiger partial charge < -0.3 is 19.3 Å². The van der Waals surface area contributed by atoms with E-state index in [1.54, 1.807) is 6.08 Å². The molecule has 1 aliphatic rings. The highest BCUT2D eigenvalue weighted by molar-refractivity contribution is 5.85. The van der Waals surface area contributed by atoms with E-state index in [1.807, 2.05) is 25.1 Å². The molecular formula is C29H36O5. The van der Waals surface area contributed by atoms with E-state index in [2.05, 4.69) is 47.6 Å². The van der Waals surface area contributed by atoms with Crippen molar-refractivity contribution in [2.24, 2.45) is 0 Å². The van der Waals surface area contributed by atoms with Crippen molar-refractivity contribution in [3.05, 3.63) is 69.3 Å². The van der Waals surface area contributed by atoms with Crippen LogP contribution in [0.4, 0.5) is 0 Å². The molecule has 2 aromatic carbocycles. The molecule has 0 radical (unpaired) electrons. The highest BCUT2D eigenvalue weighted by Gasteiger charge is 2.35. The summed E-state index contributed by atoms with van der Waals surface area (Å²) in [7, 11) is 0. The van der Waals surface area contributed by atoms with Gasteiger partial charge in [0.2, 0.25) is 0 Å². The van der Waals surface area contributed by atoms with Crippen LogP contribution in [0.2, 0.25) is 0 Å². The largest absolute Gasteiger partial charge is 0.489 e. The molecule has 0 amide bonds. The zero-order chi connectivity index (χ0) is 25.0. The van der Waals surface area contributed by atoms with Crippen LogP contribution in [0.1, 0.15) is 60.6 Å². The average molecular weight is 465 g/mol. The minimum absolute atomic E-state index is 0.425. The Balaban J connectivity index is 1.76. The topological polar surface area (TPSA) is 65.0 Å². The van der Waals surface area contributed by atoms with Crippen molar-refractivity contribution in [2.45, 2.75) is 66.9 Å². The molecule has 0 spiro atoms. The SMILES string of the molecule is CC(C)=CCOc1c(C)c(C)c2c(c1C)CCC(C)(COc1ccc(/C=C/C(=O)O)cc1C)O2. The van der Waals surface area contributed by atoms with E-state index in [-0.39, 0.29) is 0 Å². The molecule has 1 N–H and O–H groups in total. The van der Waals surface area contributed by atoms with E-state index in [9.17, 15) is 4.79 Å². The van der Waals surface area contributed by atoms with Gasteiger partial charge in [-0.05, 0) is 113 Å².